The van der Waals surface area contributed by atoms with Crippen molar-refractivity contribution in [1.29, 1.82) is 0 Å². The van der Waals surface area contributed by atoms with Gasteiger partial charge in [0.25, 0.3) is 0 Å². The van der Waals surface area contributed by atoms with Gasteiger partial charge in [-0.1, -0.05) is 0 Å². The number of carbonyl (C=O) groups excluding carboxylic acids is 4. The number of hydrogen-bond donors (Lipinski definition) is 0. The van der Waals surface area contributed by atoms with Crippen LogP contribution in [0.5, 0.6) is 0 Å². The fraction of sp³-hybridized carbons (Fsp3) is 0.667. The van der Waals surface area contributed by atoms with Crippen LogP contribution in [0.1, 0.15) is 34.1 Å². The standard InChI is InChI=1S/C12H18O7/c1-7(2)18-11(15)12(16)19-9(4)6-17-10(14)5-8(3)13/h7,9H,5-6H2,1-4H3. The topological polar surface area (TPSA) is 96.0 Å². The maximum atomic E-state index is 11.2. The molecule has 0 amide bonds. The minimum Gasteiger partial charge on any atom is -0.461 e. The molecule has 0 spiro atoms. The monoisotopic (exact) mass is 274 g/mol. The number of rotatable bonds is 6. The largest absolute Gasteiger partial charge is 0.461 e. The van der Waals surface area contributed by atoms with Crippen LogP contribution in [0.4, 0.5) is 0 Å². The van der Waals surface area contributed by atoms with E-state index in [4.69, 9.17) is 4.74 Å². The Balaban J connectivity index is 4.00. The average molecular weight is 274 g/mol. The number of esters is 3. The molecule has 0 saturated carbocycles. The summed E-state index contributed by atoms with van der Waals surface area (Å²) < 4.78 is 14.0. The third-order valence-corrected chi connectivity index (χ3v) is 1.69. The van der Waals surface area contributed by atoms with Crippen molar-refractivity contribution in [1.82, 2.24) is 0 Å². The molecule has 0 saturated heterocycles. The molecule has 0 heterocycles. The van der Waals surface area contributed by atoms with Crippen LogP contribution in [-0.4, -0.2) is 42.5 Å². The van der Waals surface area contributed by atoms with E-state index >= 15 is 0 Å². The Kier molecular flexibility index (Phi) is 7.40. The van der Waals surface area contributed by atoms with Gasteiger partial charge in [0.05, 0.1) is 6.10 Å². The first kappa shape index (κ1) is 17.1. The summed E-state index contributed by atoms with van der Waals surface area (Å²) >= 11 is 0. The first-order valence-electron chi connectivity index (χ1n) is 5.79. The van der Waals surface area contributed by atoms with Gasteiger partial charge >= 0.3 is 17.9 Å². The molecule has 108 valence electrons. The van der Waals surface area contributed by atoms with Crippen LogP contribution in [0.3, 0.4) is 0 Å². The minimum absolute atomic E-state index is 0.229. The molecule has 0 aliphatic heterocycles. The SMILES string of the molecule is CC(=O)CC(=O)OCC(C)OC(=O)C(=O)OC(C)C. The molecule has 0 aliphatic carbocycles. The highest BCUT2D eigenvalue weighted by molar-refractivity contribution is 6.29. The highest BCUT2D eigenvalue weighted by Crippen LogP contribution is 1.98. The van der Waals surface area contributed by atoms with Gasteiger partial charge in [-0.2, -0.15) is 0 Å². The van der Waals surface area contributed by atoms with E-state index in [1.165, 1.54) is 13.8 Å². The number of carbonyl (C=O) groups is 4. The molecule has 0 N–H and O–H groups in total. The minimum atomic E-state index is -1.15. The molecule has 0 bridgehead atoms. The quantitative estimate of drug-likeness (QED) is 0.299. The maximum absolute atomic E-state index is 11.2. The lowest BCUT2D eigenvalue weighted by Gasteiger charge is -2.13. The van der Waals surface area contributed by atoms with E-state index in [9.17, 15) is 19.2 Å². The predicted molar refractivity (Wildman–Crippen MR) is 63.0 cm³/mol. The van der Waals surface area contributed by atoms with Crippen LogP contribution < -0.4 is 0 Å². The van der Waals surface area contributed by atoms with Crippen LogP contribution in [0, 0.1) is 0 Å². The summed E-state index contributed by atoms with van der Waals surface area (Å²) in [5, 5.41) is 0. The highest BCUT2D eigenvalue weighted by atomic mass is 16.6. The van der Waals surface area contributed by atoms with Gasteiger partial charge in [0.1, 0.15) is 24.9 Å². The summed E-state index contributed by atoms with van der Waals surface area (Å²) in [6, 6.07) is 0. The van der Waals surface area contributed by atoms with E-state index in [1.807, 2.05) is 0 Å². The molecule has 1 atom stereocenters. The van der Waals surface area contributed by atoms with Crippen LogP contribution in [0.2, 0.25) is 0 Å². The Hall–Kier alpha value is -1.92. The Bertz CT molecular complexity index is 359. The predicted octanol–water partition coefficient (Wildman–Crippen LogP) is 0.392. The molecular formula is C12H18O7. The van der Waals surface area contributed by atoms with Gasteiger partial charge in [-0.15, -0.1) is 0 Å². The smallest absolute Gasteiger partial charge is 0.417 e. The van der Waals surface area contributed by atoms with Gasteiger partial charge < -0.3 is 14.2 Å². The number of ketones is 1. The zero-order valence-electron chi connectivity index (χ0n) is 11.4. The summed E-state index contributed by atoms with van der Waals surface area (Å²) in [6.07, 6.45) is -1.57. The van der Waals surface area contributed by atoms with Crippen LogP contribution in [0.15, 0.2) is 0 Å². The zero-order chi connectivity index (χ0) is 15.0. The summed E-state index contributed by atoms with van der Waals surface area (Å²) in [4.78, 5) is 44.0. The summed E-state index contributed by atoms with van der Waals surface area (Å²) in [7, 11) is 0. The second kappa shape index (κ2) is 8.23. The van der Waals surface area contributed by atoms with E-state index in [1.54, 1.807) is 13.8 Å². The van der Waals surface area contributed by atoms with E-state index in [0.29, 0.717) is 0 Å². The fourth-order valence-electron chi connectivity index (χ4n) is 0.992. The second-order valence-electron chi connectivity index (χ2n) is 4.23. The first-order chi connectivity index (χ1) is 8.72. The van der Waals surface area contributed by atoms with Gasteiger partial charge in [-0.05, 0) is 27.7 Å². The molecular weight excluding hydrogens is 256 g/mol. The number of hydrogen-bond acceptors (Lipinski definition) is 7. The normalized spacial score (nSPS) is 11.6. The first-order valence-corrected chi connectivity index (χ1v) is 5.79. The van der Waals surface area contributed by atoms with Crippen molar-refractivity contribution in [3.8, 4) is 0 Å². The van der Waals surface area contributed by atoms with Gasteiger partial charge in [-0.25, -0.2) is 9.59 Å². The molecule has 0 fully saturated rings. The van der Waals surface area contributed by atoms with E-state index in [-0.39, 0.29) is 18.8 Å². The van der Waals surface area contributed by atoms with E-state index in [2.05, 4.69) is 9.47 Å². The molecule has 0 aromatic heterocycles. The Morgan fingerprint density at radius 1 is 0.947 bits per heavy atom. The molecule has 19 heavy (non-hydrogen) atoms. The summed E-state index contributed by atoms with van der Waals surface area (Å²) in [6.45, 7) is 5.66. The molecule has 0 aromatic rings. The van der Waals surface area contributed by atoms with Crippen LogP contribution >= 0.6 is 0 Å². The third-order valence-electron chi connectivity index (χ3n) is 1.69. The van der Waals surface area contributed by atoms with Gasteiger partial charge in [0.2, 0.25) is 0 Å². The molecule has 7 nitrogen and oxygen atoms in total. The van der Waals surface area contributed by atoms with E-state index in [0.717, 1.165) is 0 Å². The summed E-state index contributed by atoms with van der Waals surface area (Å²) in [5.41, 5.74) is 0. The third kappa shape index (κ3) is 8.76. The van der Waals surface area contributed by atoms with Gasteiger partial charge in [-0.3, -0.25) is 9.59 Å². The van der Waals surface area contributed by atoms with Crippen LogP contribution in [0.25, 0.3) is 0 Å². The Morgan fingerprint density at radius 2 is 1.47 bits per heavy atom. The van der Waals surface area contributed by atoms with Crippen molar-refractivity contribution in [2.24, 2.45) is 0 Å². The molecule has 7 heteroatoms. The zero-order valence-corrected chi connectivity index (χ0v) is 11.4. The van der Waals surface area contributed by atoms with Crippen molar-refractivity contribution >= 4 is 23.7 Å². The van der Waals surface area contributed by atoms with Crippen molar-refractivity contribution in [2.45, 2.75) is 46.3 Å². The van der Waals surface area contributed by atoms with Gasteiger partial charge in [0.15, 0.2) is 0 Å². The van der Waals surface area contributed by atoms with E-state index < -0.39 is 30.1 Å². The molecule has 0 aliphatic rings. The Morgan fingerprint density at radius 3 is 1.95 bits per heavy atom. The van der Waals surface area contributed by atoms with Crippen molar-refractivity contribution in [3.63, 3.8) is 0 Å². The number of Topliss-reactive ketones (excluding diaryl/α,β-unsaturated/α-hetero) is 1. The Labute approximate surface area is 111 Å². The fourth-order valence-corrected chi connectivity index (χ4v) is 0.992. The molecule has 0 radical (unpaired) electrons. The lowest BCUT2D eigenvalue weighted by atomic mass is 10.3. The highest BCUT2D eigenvalue weighted by Gasteiger charge is 2.22. The lowest BCUT2D eigenvalue weighted by molar-refractivity contribution is -0.175. The van der Waals surface area contributed by atoms with Crippen molar-refractivity contribution < 1.29 is 33.4 Å². The van der Waals surface area contributed by atoms with Crippen LogP contribution in [-0.2, 0) is 33.4 Å². The molecule has 0 rings (SSSR count). The summed E-state index contributed by atoms with van der Waals surface area (Å²) in [5.74, 6) is -3.28. The van der Waals surface area contributed by atoms with Crippen molar-refractivity contribution in [2.75, 3.05) is 6.61 Å². The lowest BCUT2D eigenvalue weighted by Crippen LogP contribution is -2.29. The number of ether oxygens (including phenoxy) is 3. The van der Waals surface area contributed by atoms with Crippen molar-refractivity contribution in [3.05, 3.63) is 0 Å². The molecule has 0 aromatic carbocycles. The van der Waals surface area contributed by atoms with Gasteiger partial charge in [0, 0.05) is 0 Å². The molecule has 1 unspecified atom stereocenters. The second-order valence-corrected chi connectivity index (χ2v) is 4.23. The average Bonchev–Trinajstić information content (AvgIpc) is 2.24. The maximum Gasteiger partial charge on any atom is 0.417 e.